The van der Waals surface area contributed by atoms with Crippen molar-refractivity contribution in [3.05, 3.63) is 83.6 Å². The van der Waals surface area contributed by atoms with E-state index in [2.05, 4.69) is 11.6 Å². The molecule has 3 aromatic rings. The quantitative estimate of drug-likeness (QED) is 0.205. The molecule has 4 nitrogen and oxygen atoms in total. The van der Waals surface area contributed by atoms with Crippen LogP contribution in [0, 0.1) is 11.8 Å². The van der Waals surface area contributed by atoms with Gasteiger partial charge in [0.25, 0.3) is 0 Å². The highest BCUT2D eigenvalue weighted by molar-refractivity contribution is 5.83. The highest BCUT2D eigenvalue weighted by Gasteiger charge is 2.54. The van der Waals surface area contributed by atoms with Crippen molar-refractivity contribution >= 4 is 10.9 Å². The Kier molecular flexibility index (Phi) is 6.91. The van der Waals surface area contributed by atoms with E-state index in [0.29, 0.717) is 41.7 Å². The first-order valence-electron chi connectivity index (χ1n) is 12.7. The predicted octanol–water partition coefficient (Wildman–Crippen LogP) is 6.93. The monoisotopic (exact) mass is 551 g/mol. The Morgan fingerprint density at radius 1 is 1.08 bits per heavy atom. The van der Waals surface area contributed by atoms with Gasteiger partial charge in [-0.05, 0) is 53.9 Å². The Morgan fingerprint density at radius 3 is 2.38 bits per heavy atom. The maximum Gasteiger partial charge on any atom is 0.416 e. The van der Waals surface area contributed by atoms with Gasteiger partial charge in [0.05, 0.1) is 36.8 Å². The van der Waals surface area contributed by atoms with Crippen LogP contribution in [-0.2, 0) is 18.9 Å². The molecular formula is C29H29F6N2O2+. The molecule has 2 aromatic carbocycles. The molecule has 10 heteroatoms. The van der Waals surface area contributed by atoms with Gasteiger partial charge in [-0.15, -0.1) is 6.58 Å². The third kappa shape index (κ3) is 5.12. The minimum absolute atomic E-state index is 0.0457. The molecule has 0 saturated carbocycles. The Hall–Kier alpha value is -3.11. The van der Waals surface area contributed by atoms with Crippen LogP contribution in [-0.4, -0.2) is 40.8 Å². The van der Waals surface area contributed by atoms with Crippen LogP contribution in [0.25, 0.3) is 10.9 Å². The average molecular weight is 552 g/mol. The number of hydrogen-bond donors (Lipinski definition) is 1. The number of aliphatic hydroxyl groups excluding tert-OH is 1. The average Bonchev–Trinajstić information content (AvgIpc) is 2.90. The van der Waals surface area contributed by atoms with Crippen molar-refractivity contribution in [2.45, 2.75) is 43.9 Å². The second-order valence-electron chi connectivity index (χ2n) is 10.7. The fraction of sp³-hybridized carbons (Fsp3) is 0.414. The van der Waals surface area contributed by atoms with Crippen molar-refractivity contribution in [3.63, 3.8) is 0 Å². The zero-order valence-corrected chi connectivity index (χ0v) is 21.3. The summed E-state index contributed by atoms with van der Waals surface area (Å²) in [5.41, 5.74) is -1.47. The molecular weight excluding hydrogens is 522 g/mol. The molecule has 208 valence electrons. The number of hydrogen-bond acceptors (Lipinski definition) is 3. The topological polar surface area (TPSA) is 42.4 Å². The summed E-state index contributed by atoms with van der Waals surface area (Å²) in [6.07, 6.45) is -6.16. The molecule has 3 fully saturated rings. The van der Waals surface area contributed by atoms with Gasteiger partial charge in [-0.2, -0.15) is 26.3 Å². The number of halogens is 6. The van der Waals surface area contributed by atoms with Crippen LogP contribution >= 0.6 is 0 Å². The van der Waals surface area contributed by atoms with Crippen molar-refractivity contribution in [1.29, 1.82) is 0 Å². The zero-order valence-electron chi connectivity index (χ0n) is 21.3. The lowest BCUT2D eigenvalue weighted by Gasteiger charge is -2.58. The molecule has 6 rings (SSSR count). The molecule has 0 spiro atoms. The number of methoxy groups -OCH3 is 1. The van der Waals surface area contributed by atoms with Gasteiger partial charge in [0, 0.05) is 35.9 Å². The Labute approximate surface area is 222 Å². The molecule has 2 unspecified atom stereocenters. The lowest BCUT2D eigenvalue weighted by atomic mass is 9.71. The van der Waals surface area contributed by atoms with Crippen molar-refractivity contribution in [2.24, 2.45) is 11.8 Å². The van der Waals surface area contributed by atoms with Gasteiger partial charge in [0.15, 0.2) is 0 Å². The number of pyridine rings is 1. The largest absolute Gasteiger partial charge is 0.497 e. The maximum atomic E-state index is 13.6. The van der Waals surface area contributed by atoms with Crippen LogP contribution in [0.15, 0.2) is 61.3 Å². The lowest BCUT2D eigenvalue weighted by molar-refractivity contribution is -0.984. The number of benzene rings is 2. The number of quaternary nitrogens is 1. The minimum atomic E-state index is -4.93. The predicted molar refractivity (Wildman–Crippen MR) is 134 cm³/mol. The summed E-state index contributed by atoms with van der Waals surface area (Å²) in [5, 5.41) is 12.5. The van der Waals surface area contributed by atoms with Gasteiger partial charge in [-0.3, -0.25) is 4.98 Å². The standard InChI is InChI=1S/C29H29F6N2O2/c1-3-18-16-37(15-17-10-20(28(30,31)32)13-21(11-17)29(33,34)35)9-7-19(18)12-26(37)27(38)23-6-8-36-25-5-4-22(39-2)14-24(23)25/h3-6,8,10-11,13-14,18-19,26-27,38H,1,7,9,12,15-16H2,2H3/q+1/t18?,19-,26?,27-,37+/m1/s1. The molecule has 39 heavy (non-hydrogen) atoms. The molecule has 0 radical (unpaired) electrons. The van der Waals surface area contributed by atoms with E-state index < -0.39 is 35.6 Å². The number of alkyl halides is 6. The lowest BCUT2D eigenvalue weighted by Crippen LogP contribution is -2.67. The second kappa shape index (κ2) is 9.82. The Balaban J connectivity index is 1.60. The van der Waals surface area contributed by atoms with Crippen molar-refractivity contribution in [3.8, 4) is 5.75 Å². The van der Waals surface area contributed by atoms with E-state index in [0.717, 1.165) is 18.6 Å². The molecule has 3 saturated heterocycles. The number of piperidine rings is 3. The fourth-order valence-electron chi connectivity index (χ4n) is 6.59. The molecule has 3 aliphatic heterocycles. The third-order valence-corrected chi connectivity index (χ3v) is 8.49. The first-order chi connectivity index (χ1) is 18.3. The van der Waals surface area contributed by atoms with E-state index in [9.17, 15) is 31.4 Å². The SMILES string of the molecule is C=CC1C[N@@+]2(Cc3cc(C(F)(F)F)cc(C(F)(F)F)c3)CC[C@@H]1CC2[C@H](O)c1ccnc2ccc(OC)cc12. The van der Waals surface area contributed by atoms with Crippen molar-refractivity contribution in [1.82, 2.24) is 4.98 Å². The maximum absolute atomic E-state index is 13.6. The number of aliphatic hydroxyl groups is 1. The summed E-state index contributed by atoms with van der Waals surface area (Å²) in [6, 6.07) is 8.34. The van der Waals surface area contributed by atoms with Gasteiger partial charge < -0.3 is 14.3 Å². The Bertz CT molecular complexity index is 1360. The van der Waals surface area contributed by atoms with Gasteiger partial charge in [-0.1, -0.05) is 6.08 Å². The zero-order chi connectivity index (χ0) is 28.2. The normalized spacial score (nSPS) is 26.0. The summed E-state index contributed by atoms with van der Waals surface area (Å²) in [5.74, 6) is 0.843. The van der Waals surface area contributed by atoms with Crippen LogP contribution in [0.3, 0.4) is 0 Å². The number of aromatic nitrogens is 1. The molecule has 0 amide bonds. The van der Waals surface area contributed by atoms with Crippen LogP contribution in [0.1, 0.15) is 41.2 Å². The summed E-state index contributed by atoms with van der Waals surface area (Å²) in [6.45, 7) is 4.86. The molecule has 0 aliphatic carbocycles. The van der Waals surface area contributed by atoms with Crippen LogP contribution in [0.4, 0.5) is 26.3 Å². The van der Waals surface area contributed by atoms with E-state index >= 15 is 0 Å². The summed E-state index contributed by atoms with van der Waals surface area (Å²) in [4.78, 5) is 4.37. The molecule has 4 heterocycles. The van der Waals surface area contributed by atoms with Crippen molar-refractivity contribution in [2.75, 3.05) is 20.2 Å². The molecule has 2 bridgehead atoms. The van der Waals surface area contributed by atoms with Gasteiger partial charge >= 0.3 is 12.4 Å². The number of nitrogens with zero attached hydrogens (tertiary/aromatic N) is 2. The van der Waals surface area contributed by atoms with Crippen LogP contribution in [0.5, 0.6) is 5.75 Å². The van der Waals surface area contributed by atoms with E-state index in [1.807, 2.05) is 6.08 Å². The van der Waals surface area contributed by atoms with E-state index in [1.165, 1.54) is 7.11 Å². The van der Waals surface area contributed by atoms with E-state index in [4.69, 9.17) is 4.74 Å². The van der Waals surface area contributed by atoms with Gasteiger partial charge in [0.1, 0.15) is 24.4 Å². The first-order valence-corrected chi connectivity index (χ1v) is 12.7. The smallest absolute Gasteiger partial charge is 0.416 e. The molecule has 5 atom stereocenters. The summed E-state index contributed by atoms with van der Waals surface area (Å²) >= 11 is 0. The second-order valence-corrected chi connectivity index (χ2v) is 10.7. The van der Waals surface area contributed by atoms with E-state index in [1.54, 1.807) is 30.5 Å². The number of rotatable bonds is 6. The van der Waals surface area contributed by atoms with Crippen LogP contribution < -0.4 is 4.74 Å². The minimum Gasteiger partial charge on any atom is -0.497 e. The van der Waals surface area contributed by atoms with Gasteiger partial charge in [0.2, 0.25) is 0 Å². The van der Waals surface area contributed by atoms with E-state index in [-0.39, 0.29) is 34.5 Å². The molecule has 1 aromatic heterocycles. The number of ether oxygens (including phenoxy) is 1. The first kappa shape index (κ1) is 27.5. The van der Waals surface area contributed by atoms with Crippen LogP contribution in [0.2, 0.25) is 0 Å². The fourth-order valence-corrected chi connectivity index (χ4v) is 6.59. The highest BCUT2D eigenvalue weighted by atomic mass is 19.4. The number of fused-ring (bicyclic) bond motifs is 4. The van der Waals surface area contributed by atoms with Crippen molar-refractivity contribution < 1.29 is 40.7 Å². The molecule has 3 aliphatic rings. The molecule has 1 N–H and O–H groups in total. The summed E-state index contributed by atoms with van der Waals surface area (Å²) in [7, 11) is 1.53. The Morgan fingerprint density at radius 2 is 1.77 bits per heavy atom. The highest BCUT2D eigenvalue weighted by Crippen LogP contribution is 2.48. The summed E-state index contributed by atoms with van der Waals surface area (Å²) < 4.78 is 87.2. The van der Waals surface area contributed by atoms with Gasteiger partial charge in [-0.25, -0.2) is 0 Å². The third-order valence-electron chi connectivity index (χ3n) is 8.49.